The van der Waals surface area contributed by atoms with E-state index in [1.807, 2.05) is 6.92 Å². The summed E-state index contributed by atoms with van der Waals surface area (Å²) < 4.78 is 5.30. The summed E-state index contributed by atoms with van der Waals surface area (Å²) in [6, 6.07) is 5.04. The van der Waals surface area contributed by atoms with Gasteiger partial charge in [0.1, 0.15) is 5.75 Å². The molecule has 0 unspecified atom stereocenters. The zero-order valence-corrected chi connectivity index (χ0v) is 10.6. The minimum Gasteiger partial charge on any atom is -0.492 e. The van der Waals surface area contributed by atoms with Gasteiger partial charge in [0.15, 0.2) is 5.78 Å². The average Bonchev–Trinajstić information content (AvgIpc) is 2.37. The lowest BCUT2D eigenvalue weighted by atomic mass is 10.1. The molecule has 4 N–H and O–H groups in total. The van der Waals surface area contributed by atoms with Crippen molar-refractivity contribution in [2.45, 2.75) is 13.3 Å². The molecule has 0 aliphatic rings. The number of carbonyl (C=O) groups excluding carboxylic acids is 1. The van der Waals surface area contributed by atoms with E-state index >= 15 is 0 Å². The van der Waals surface area contributed by atoms with Crippen molar-refractivity contribution in [2.75, 3.05) is 32.0 Å². The SMILES string of the molecule is CCOc1ccc(C(=O)CNCCCO)cc1N. The minimum absolute atomic E-state index is 0.0253. The van der Waals surface area contributed by atoms with Gasteiger partial charge < -0.3 is 20.9 Å². The Morgan fingerprint density at radius 1 is 1.50 bits per heavy atom. The number of benzene rings is 1. The Morgan fingerprint density at radius 2 is 2.28 bits per heavy atom. The fourth-order valence-electron chi connectivity index (χ4n) is 1.52. The highest BCUT2D eigenvalue weighted by atomic mass is 16.5. The summed E-state index contributed by atoms with van der Waals surface area (Å²) in [5, 5.41) is 11.6. The van der Waals surface area contributed by atoms with Crippen molar-refractivity contribution in [3.8, 4) is 5.75 Å². The first-order valence-corrected chi connectivity index (χ1v) is 6.06. The van der Waals surface area contributed by atoms with E-state index in [4.69, 9.17) is 15.6 Å². The van der Waals surface area contributed by atoms with Crippen LogP contribution in [0.3, 0.4) is 0 Å². The second-order valence-electron chi connectivity index (χ2n) is 3.86. The fourth-order valence-corrected chi connectivity index (χ4v) is 1.52. The molecule has 0 radical (unpaired) electrons. The number of rotatable bonds is 8. The van der Waals surface area contributed by atoms with E-state index in [-0.39, 0.29) is 18.9 Å². The van der Waals surface area contributed by atoms with Gasteiger partial charge in [0.2, 0.25) is 0 Å². The molecule has 0 saturated heterocycles. The number of ketones is 1. The lowest BCUT2D eigenvalue weighted by molar-refractivity contribution is 0.0990. The Hall–Kier alpha value is -1.59. The Balaban J connectivity index is 2.55. The van der Waals surface area contributed by atoms with Crippen LogP contribution in [0.1, 0.15) is 23.7 Å². The second-order valence-corrected chi connectivity index (χ2v) is 3.86. The van der Waals surface area contributed by atoms with Crippen LogP contribution in [-0.4, -0.2) is 37.2 Å². The van der Waals surface area contributed by atoms with Crippen LogP contribution in [0.25, 0.3) is 0 Å². The van der Waals surface area contributed by atoms with Gasteiger partial charge in [0.25, 0.3) is 0 Å². The third-order valence-electron chi connectivity index (χ3n) is 2.43. The highest BCUT2D eigenvalue weighted by Gasteiger charge is 2.08. The number of anilines is 1. The maximum atomic E-state index is 11.8. The molecule has 0 bridgehead atoms. The molecule has 1 aromatic rings. The first-order valence-electron chi connectivity index (χ1n) is 6.06. The van der Waals surface area contributed by atoms with Gasteiger partial charge in [0.05, 0.1) is 18.8 Å². The molecule has 100 valence electrons. The van der Waals surface area contributed by atoms with E-state index in [1.165, 1.54) is 0 Å². The van der Waals surface area contributed by atoms with Crippen LogP contribution in [0.5, 0.6) is 5.75 Å². The normalized spacial score (nSPS) is 10.3. The fraction of sp³-hybridized carbons (Fsp3) is 0.462. The second kappa shape index (κ2) is 7.68. The highest BCUT2D eigenvalue weighted by molar-refractivity contribution is 5.98. The monoisotopic (exact) mass is 252 g/mol. The number of aliphatic hydroxyl groups excluding tert-OH is 1. The van der Waals surface area contributed by atoms with Crippen LogP contribution >= 0.6 is 0 Å². The van der Waals surface area contributed by atoms with Crippen molar-refractivity contribution in [2.24, 2.45) is 0 Å². The van der Waals surface area contributed by atoms with Crippen LogP contribution in [0.4, 0.5) is 5.69 Å². The first-order chi connectivity index (χ1) is 8.69. The van der Waals surface area contributed by atoms with Crippen LogP contribution in [0.15, 0.2) is 18.2 Å². The van der Waals surface area contributed by atoms with Crippen LogP contribution in [-0.2, 0) is 0 Å². The molecule has 0 aliphatic heterocycles. The van der Waals surface area contributed by atoms with Gasteiger partial charge in [-0.25, -0.2) is 0 Å². The van der Waals surface area contributed by atoms with Gasteiger partial charge in [-0.3, -0.25) is 4.79 Å². The topological polar surface area (TPSA) is 84.6 Å². The molecule has 0 amide bonds. The van der Waals surface area contributed by atoms with Crippen molar-refractivity contribution >= 4 is 11.5 Å². The molecule has 0 saturated carbocycles. The van der Waals surface area contributed by atoms with E-state index < -0.39 is 0 Å². The minimum atomic E-state index is -0.0253. The number of hydrogen-bond donors (Lipinski definition) is 3. The summed E-state index contributed by atoms with van der Waals surface area (Å²) in [6.07, 6.45) is 0.638. The maximum absolute atomic E-state index is 11.8. The van der Waals surface area contributed by atoms with Crippen LogP contribution in [0.2, 0.25) is 0 Å². The van der Waals surface area contributed by atoms with Crippen LogP contribution < -0.4 is 15.8 Å². The smallest absolute Gasteiger partial charge is 0.176 e. The predicted octanol–water partition coefficient (Wildman–Crippen LogP) is 0.822. The van der Waals surface area contributed by atoms with Crippen molar-refractivity contribution in [3.63, 3.8) is 0 Å². The Morgan fingerprint density at radius 3 is 2.89 bits per heavy atom. The first kappa shape index (κ1) is 14.5. The number of nitrogens with one attached hydrogen (secondary N) is 1. The number of Topliss-reactive ketones (excluding diaryl/α,β-unsaturated/α-hetero) is 1. The summed E-state index contributed by atoms with van der Waals surface area (Å²) in [6.45, 7) is 3.41. The summed E-state index contributed by atoms with van der Waals surface area (Å²) in [5.41, 5.74) is 6.82. The molecule has 5 nitrogen and oxygen atoms in total. The quantitative estimate of drug-likeness (QED) is 0.362. The van der Waals surface area contributed by atoms with Crippen molar-refractivity contribution in [1.29, 1.82) is 0 Å². The summed E-state index contributed by atoms with van der Waals surface area (Å²) in [5.74, 6) is 0.574. The zero-order valence-electron chi connectivity index (χ0n) is 10.6. The number of nitrogen functional groups attached to an aromatic ring is 1. The number of nitrogens with two attached hydrogens (primary N) is 1. The molecule has 1 rings (SSSR count). The van der Waals surface area contributed by atoms with E-state index in [1.54, 1.807) is 18.2 Å². The molecule has 18 heavy (non-hydrogen) atoms. The largest absolute Gasteiger partial charge is 0.492 e. The van der Waals surface area contributed by atoms with E-state index in [0.29, 0.717) is 36.6 Å². The maximum Gasteiger partial charge on any atom is 0.176 e. The Kier molecular flexibility index (Phi) is 6.18. The predicted molar refractivity (Wildman–Crippen MR) is 70.9 cm³/mol. The molecule has 0 spiro atoms. The van der Waals surface area contributed by atoms with Crippen molar-refractivity contribution < 1.29 is 14.6 Å². The number of carbonyl (C=O) groups is 1. The summed E-state index contributed by atoms with van der Waals surface area (Å²) in [7, 11) is 0. The molecule has 0 aromatic heterocycles. The average molecular weight is 252 g/mol. The van der Waals surface area contributed by atoms with E-state index in [0.717, 1.165) is 0 Å². The summed E-state index contributed by atoms with van der Waals surface area (Å²) >= 11 is 0. The lowest BCUT2D eigenvalue weighted by Crippen LogP contribution is -2.24. The zero-order chi connectivity index (χ0) is 13.4. The molecule has 5 heteroatoms. The molecule has 0 heterocycles. The lowest BCUT2D eigenvalue weighted by Gasteiger charge is -2.08. The highest BCUT2D eigenvalue weighted by Crippen LogP contribution is 2.22. The van der Waals surface area contributed by atoms with Gasteiger partial charge in [-0.05, 0) is 38.1 Å². The van der Waals surface area contributed by atoms with Gasteiger partial charge in [-0.2, -0.15) is 0 Å². The Bertz CT molecular complexity index is 394. The standard InChI is InChI=1S/C13H20N2O3/c1-2-18-13-5-4-10(8-11(13)14)12(17)9-15-6-3-7-16/h4-5,8,15-16H,2-3,6-7,9,14H2,1H3. The van der Waals surface area contributed by atoms with Crippen LogP contribution in [0, 0.1) is 0 Å². The molecule has 0 aliphatic carbocycles. The van der Waals surface area contributed by atoms with Gasteiger partial charge in [-0.1, -0.05) is 0 Å². The van der Waals surface area contributed by atoms with E-state index in [2.05, 4.69) is 5.32 Å². The van der Waals surface area contributed by atoms with E-state index in [9.17, 15) is 4.79 Å². The van der Waals surface area contributed by atoms with Crippen molar-refractivity contribution in [1.82, 2.24) is 5.32 Å². The Labute approximate surface area is 107 Å². The van der Waals surface area contributed by atoms with Gasteiger partial charge >= 0.3 is 0 Å². The summed E-state index contributed by atoms with van der Waals surface area (Å²) in [4.78, 5) is 11.8. The third kappa shape index (κ3) is 4.35. The molecule has 1 aromatic carbocycles. The number of aliphatic hydroxyl groups is 1. The molecular formula is C13H20N2O3. The number of hydrogen-bond acceptors (Lipinski definition) is 5. The molecular weight excluding hydrogens is 232 g/mol. The van der Waals surface area contributed by atoms with Crippen molar-refractivity contribution in [3.05, 3.63) is 23.8 Å². The van der Waals surface area contributed by atoms with Gasteiger partial charge in [-0.15, -0.1) is 0 Å². The molecule has 0 fully saturated rings. The third-order valence-corrected chi connectivity index (χ3v) is 2.43. The van der Waals surface area contributed by atoms with Gasteiger partial charge in [0, 0.05) is 12.2 Å². The molecule has 0 atom stereocenters. The number of ether oxygens (including phenoxy) is 1.